The van der Waals surface area contributed by atoms with Crippen molar-refractivity contribution >= 4 is 0 Å². The van der Waals surface area contributed by atoms with Crippen molar-refractivity contribution in [1.29, 1.82) is 0 Å². The van der Waals surface area contributed by atoms with Crippen molar-refractivity contribution in [2.24, 2.45) is 11.5 Å². The summed E-state index contributed by atoms with van der Waals surface area (Å²) in [6, 6.07) is 0. The molecular formula is C15H32N2O11. The molecule has 12 N–H and O–H groups in total. The number of hydrogen-bond acceptors (Lipinski definition) is 13. The molecule has 2 rings (SSSR count). The predicted octanol–water partition coefficient (Wildman–Crippen LogP) is -6.10. The Morgan fingerprint density at radius 2 is 1.25 bits per heavy atom. The molecule has 0 aromatic carbocycles. The van der Waals surface area contributed by atoms with Gasteiger partial charge in [0, 0.05) is 0 Å². The zero-order valence-corrected chi connectivity index (χ0v) is 15.3. The Kier molecular flexibility index (Phi) is 11.2. The van der Waals surface area contributed by atoms with Crippen LogP contribution in [-0.2, 0) is 14.2 Å². The molecule has 2 fully saturated rings. The minimum Gasteiger partial charge on any atom is -0.394 e. The van der Waals surface area contributed by atoms with Gasteiger partial charge in [0.15, 0.2) is 12.6 Å². The summed E-state index contributed by atoms with van der Waals surface area (Å²) in [6.07, 6.45) is -14.6. The maximum absolute atomic E-state index is 9.94. The van der Waals surface area contributed by atoms with Crippen LogP contribution in [0.5, 0.6) is 0 Å². The van der Waals surface area contributed by atoms with E-state index in [0.717, 1.165) is 19.5 Å². The fourth-order valence-corrected chi connectivity index (χ4v) is 2.69. The number of nitrogens with two attached hydrogens (primary N) is 2. The lowest BCUT2D eigenvalue weighted by molar-refractivity contribution is -0.355. The van der Waals surface area contributed by atoms with E-state index in [1.54, 1.807) is 0 Å². The van der Waals surface area contributed by atoms with Crippen molar-refractivity contribution < 1.29 is 55.1 Å². The smallest absolute Gasteiger partial charge is 0.187 e. The molecule has 0 bridgehead atoms. The Bertz CT molecular complexity index is 429. The van der Waals surface area contributed by atoms with Gasteiger partial charge >= 0.3 is 0 Å². The Balaban J connectivity index is 0.000000696. The summed E-state index contributed by atoms with van der Waals surface area (Å²) < 4.78 is 15.3. The van der Waals surface area contributed by atoms with E-state index in [9.17, 15) is 35.7 Å². The van der Waals surface area contributed by atoms with Gasteiger partial charge in [0.1, 0.15) is 48.8 Å². The summed E-state index contributed by atoms with van der Waals surface area (Å²) in [6.45, 7) is 0.0925. The molecule has 0 spiro atoms. The highest BCUT2D eigenvalue weighted by Crippen LogP contribution is 2.28. The SMILES string of the molecule is NCCCN.OC[C@H]1O[C@H](O[C@H]2[C@H](O)[C@@H](O)[C@H](O)O[C@@H]2CO)[C@H](O)[C@@H](O)[C@@H]1O. The minimum atomic E-state index is -1.74. The fourth-order valence-electron chi connectivity index (χ4n) is 2.69. The van der Waals surface area contributed by atoms with Gasteiger partial charge in [-0.15, -0.1) is 0 Å². The van der Waals surface area contributed by atoms with Gasteiger partial charge < -0.3 is 66.5 Å². The third-order valence-corrected chi connectivity index (χ3v) is 4.39. The van der Waals surface area contributed by atoms with E-state index in [1.165, 1.54) is 0 Å². The molecule has 28 heavy (non-hydrogen) atoms. The van der Waals surface area contributed by atoms with Crippen molar-refractivity contribution in [3.8, 4) is 0 Å². The molecular weight excluding hydrogens is 384 g/mol. The number of rotatable bonds is 6. The second-order valence-corrected chi connectivity index (χ2v) is 6.46. The highest BCUT2D eigenvalue weighted by atomic mass is 16.7. The Morgan fingerprint density at radius 3 is 1.71 bits per heavy atom. The number of aliphatic hydroxyl groups is 8. The maximum atomic E-state index is 9.94. The molecule has 2 heterocycles. The largest absolute Gasteiger partial charge is 0.394 e. The molecule has 2 aliphatic rings. The Hall–Kier alpha value is -0.520. The minimum absolute atomic E-state index is 0.667. The third kappa shape index (κ3) is 6.24. The van der Waals surface area contributed by atoms with E-state index in [2.05, 4.69) is 0 Å². The van der Waals surface area contributed by atoms with Crippen LogP contribution in [-0.4, -0.2) is 129 Å². The van der Waals surface area contributed by atoms with E-state index >= 15 is 0 Å². The molecule has 0 radical (unpaired) electrons. The lowest BCUT2D eigenvalue weighted by atomic mass is 9.97. The molecule has 2 aliphatic heterocycles. The number of hydrogen-bond donors (Lipinski definition) is 10. The normalized spacial score (nSPS) is 43.9. The molecule has 0 unspecified atom stereocenters. The molecule has 13 nitrogen and oxygen atoms in total. The second kappa shape index (κ2) is 12.2. The summed E-state index contributed by atoms with van der Waals surface area (Å²) in [7, 11) is 0. The number of aliphatic hydroxyl groups excluding tert-OH is 8. The average Bonchev–Trinajstić information content (AvgIpc) is 2.69. The van der Waals surface area contributed by atoms with Crippen LogP contribution in [0.1, 0.15) is 6.42 Å². The summed E-state index contributed by atoms with van der Waals surface area (Å²) in [4.78, 5) is 0. The molecule has 0 aliphatic carbocycles. The van der Waals surface area contributed by atoms with Gasteiger partial charge in [-0.3, -0.25) is 0 Å². The topological polar surface area (TPSA) is 242 Å². The van der Waals surface area contributed by atoms with Crippen LogP contribution in [0.15, 0.2) is 0 Å². The average molecular weight is 416 g/mol. The lowest BCUT2D eigenvalue weighted by Crippen LogP contribution is -2.64. The van der Waals surface area contributed by atoms with Crippen molar-refractivity contribution in [2.75, 3.05) is 26.3 Å². The van der Waals surface area contributed by atoms with E-state index in [1.807, 2.05) is 0 Å². The van der Waals surface area contributed by atoms with Crippen molar-refractivity contribution in [3.63, 3.8) is 0 Å². The van der Waals surface area contributed by atoms with Gasteiger partial charge in [0.25, 0.3) is 0 Å². The van der Waals surface area contributed by atoms with Crippen LogP contribution in [0.25, 0.3) is 0 Å². The van der Waals surface area contributed by atoms with Crippen molar-refractivity contribution in [1.82, 2.24) is 0 Å². The van der Waals surface area contributed by atoms with E-state index in [-0.39, 0.29) is 0 Å². The Morgan fingerprint density at radius 1 is 0.679 bits per heavy atom. The van der Waals surface area contributed by atoms with Crippen LogP contribution in [0.2, 0.25) is 0 Å². The lowest BCUT2D eigenvalue weighted by Gasteiger charge is -2.45. The molecule has 10 atom stereocenters. The summed E-state index contributed by atoms with van der Waals surface area (Å²) in [5, 5.41) is 76.5. The molecule has 0 saturated carbocycles. The van der Waals surface area contributed by atoms with Crippen LogP contribution < -0.4 is 11.5 Å². The van der Waals surface area contributed by atoms with Gasteiger partial charge in [-0.05, 0) is 19.5 Å². The third-order valence-electron chi connectivity index (χ3n) is 4.39. The van der Waals surface area contributed by atoms with E-state index in [0.29, 0.717) is 0 Å². The van der Waals surface area contributed by atoms with E-state index in [4.69, 9.17) is 30.8 Å². The van der Waals surface area contributed by atoms with Gasteiger partial charge in [-0.25, -0.2) is 0 Å². The van der Waals surface area contributed by atoms with Gasteiger partial charge in [0.05, 0.1) is 13.2 Å². The molecule has 168 valence electrons. The van der Waals surface area contributed by atoms with Gasteiger partial charge in [-0.1, -0.05) is 0 Å². The first kappa shape index (κ1) is 25.5. The first-order valence-corrected chi connectivity index (χ1v) is 8.90. The predicted molar refractivity (Wildman–Crippen MR) is 91.3 cm³/mol. The first-order chi connectivity index (χ1) is 13.2. The molecule has 0 aromatic heterocycles. The molecule has 13 heteroatoms. The van der Waals surface area contributed by atoms with Crippen LogP contribution in [0, 0.1) is 0 Å². The van der Waals surface area contributed by atoms with Crippen molar-refractivity contribution in [2.45, 2.75) is 67.8 Å². The van der Waals surface area contributed by atoms with Crippen molar-refractivity contribution in [3.05, 3.63) is 0 Å². The zero-order valence-electron chi connectivity index (χ0n) is 15.3. The van der Waals surface area contributed by atoms with E-state index < -0.39 is 74.6 Å². The maximum Gasteiger partial charge on any atom is 0.187 e. The second-order valence-electron chi connectivity index (χ2n) is 6.46. The van der Waals surface area contributed by atoms with Crippen LogP contribution in [0.4, 0.5) is 0 Å². The molecule has 2 saturated heterocycles. The van der Waals surface area contributed by atoms with Gasteiger partial charge in [0.2, 0.25) is 0 Å². The quantitative estimate of drug-likeness (QED) is 0.194. The first-order valence-electron chi connectivity index (χ1n) is 8.90. The summed E-state index contributed by atoms with van der Waals surface area (Å²) in [5.41, 5.74) is 10.1. The molecule has 0 aromatic rings. The van der Waals surface area contributed by atoms with Gasteiger partial charge in [-0.2, -0.15) is 0 Å². The van der Waals surface area contributed by atoms with Crippen LogP contribution >= 0.6 is 0 Å². The fraction of sp³-hybridized carbons (Fsp3) is 1.00. The highest BCUT2D eigenvalue weighted by Gasteiger charge is 2.50. The summed E-state index contributed by atoms with van der Waals surface area (Å²) in [5.74, 6) is 0. The zero-order chi connectivity index (χ0) is 21.4. The Labute approximate surface area is 161 Å². The summed E-state index contributed by atoms with van der Waals surface area (Å²) >= 11 is 0. The van der Waals surface area contributed by atoms with Crippen LogP contribution in [0.3, 0.4) is 0 Å². The molecule has 0 amide bonds. The monoisotopic (exact) mass is 416 g/mol. The number of ether oxygens (including phenoxy) is 3. The highest BCUT2D eigenvalue weighted by molar-refractivity contribution is 4.93. The standard InChI is InChI=1S/C12H22O11.C3H10N2/c13-1-3-5(15)6(16)9(19)12(22-3)23-10-4(2-14)21-11(20)8(18)7(10)17;4-2-1-3-5/h3-20H,1-2H2;1-5H2/t3-,4-,5-,6+,7-,8-,9-,10-,11-,12-;/m1./s1.